The Kier molecular flexibility index (Phi) is 8.57. The van der Waals surface area contributed by atoms with E-state index < -0.39 is 11.9 Å². The lowest BCUT2D eigenvalue weighted by Gasteiger charge is -2.06. The summed E-state index contributed by atoms with van der Waals surface area (Å²) in [6.07, 6.45) is 11.4. The maximum absolute atomic E-state index is 11.6. The van der Waals surface area contributed by atoms with E-state index in [-0.39, 0.29) is 38.9 Å². The fourth-order valence-electron chi connectivity index (χ4n) is 6.08. The van der Waals surface area contributed by atoms with Crippen molar-refractivity contribution in [2.75, 3.05) is 0 Å². The highest BCUT2D eigenvalue weighted by Crippen LogP contribution is 2.33. The van der Waals surface area contributed by atoms with Crippen molar-refractivity contribution in [2.45, 2.75) is 59.7 Å². The SMILES string of the molecule is C=Cc1c(CO)c2[nH]/c1=C\c1[nH]c(/c(=C/C)c1C)=C\c1[nH]c(c(CCC(=O)O)c1CO)/C=C1\N=C(C=2)C(C)=C1CCC(=O)O. The van der Waals surface area contributed by atoms with Crippen LogP contribution in [-0.4, -0.2) is 53.0 Å². The summed E-state index contributed by atoms with van der Waals surface area (Å²) in [6.45, 7) is 9.27. The normalized spacial score (nSPS) is 17.2. The van der Waals surface area contributed by atoms with Gasteiger partial charge >= 0.3 is 11.9 Å². The molecule has 0 saturated carbocycles. The van der Waals surface area contributed by atoms with Crippen molar-refractivity contribution >= 4 is 54.1 Å². The van der Waals surface area contributed by atoms with Gasteiger partial charge in [-0.2, -0.15) is 0 Å². The monoisotopic (exact) mass is 596 g/mol. The highest BCUT2D eigenvalue weighted by atomic mass is 16.4. The molecule has 3 aromatic heterocycles. The van der Waals surface area contributed by atoms with E-state index in [1.54, 1.807) is 12.2 Å². The van der Waals surface area contributed by atoms with Crippen LogP contribution in [0.5, 0.6) is 0 Å². The number of H-pyrrole nitrogens is 3. The first kappa shape index (κ1) is 30.5. The van der Waals surface area contributed by atoms with Crippen molar-refractivity contribution in [1.82, 2.24) is 15.0 Å². The molecule has 44 heavy (non-hydrogen) atoms. The number of allylic oxidation sites excluding steroid dienone is 2. The first-order chi connectivity index (χ1) is 21.1. The zero-order valence-corrected chi connectivity index (χ0v) is 25.0. The number of aromatic nitrogens is 3. The van der Waals surface area contributed by atoms with Crippen molar-refractivity contribution in [1.29, 1.82) is 0 Å². The van der Waals surface area contributed by atoms with Crippen LogP contribution >= 0.6 is 0 Å². The Morgan fingerprint density at radius 3 is 2.11 bits per heavy atom. The smallest absolute Gasteiger partial charge is 0.303 e. The standard InChI is InChI=1S/C34H36N4O6/c1-5-19-17(3)25-11-28-20(6-2)23(15-39)31(37-28)12-26-18(4)21(7-9-33(41)42)29(36-26)14-30-22(8-10-34(43)44)24(16-40)32(38-30)13-27(19)35-25/h5-6,11-14,35,37-40H,2,7-10,15-16H2,1,3-4H3,(H,41,42)(H,43,44)/b19-5+,27-13-,28-11-,29-14-,31-12?. The number of aliphatic hydroxyl groups excluding tert-OH is 2. The van der Waals surface area contributed by atoms with Crippen LogP contribution in [0.15, 0.2) is 28.4 Å². The third-order valence-corrected chi connectivity index (χ3v) is 8.37. The summed E-state index contributed by atoms with van der Waals surface area (Å²) in [5.74, 6) is -1.90. The van der Waals surface area contributed by atoms with Crippen molar-refractivity contribution < 1.29 is 30.0 Å². The molecular weight excluding hydrogens is 560 g/mol. The average Bonchev–Trinajstić information content (AvgIpc) is 3.67. The summed E-state index contributed by atoms with van der Waals surface area (Å²) in [4.78, 5) is 38.3. The lowest BCUT2D eigenvalue weighted by atomic mass is 9.98. The molecule has 2 aliphatic rings. The lowest BCUT2D eigenvalue weighted by Crippen LogP contribution is -2.24. The Morgan fingerprint density at radius 1 is 0.818 bits per heavy atom. The number of nitrogens with zero attached hydrogens (tertiary/aromatic N) is 1. The molecular formula is C34H36N4O6. The molecule has 0 radical (unpaired) electrons. The first-order valence-electron chi connectivity index (χ1n) is 14.4. The summed E-state index contributed by atoms with van der Waals surface area (Å²) >= 11 is 0. The van der Waals surface area contributed by atoms with Crippen LogP contribution in [-0.2, 0) is 29.2 Å². The van der Waals surface area contributed by atoms with Gasteiger partial charge in [-0.15, -0.1) is 0 Å². The van der Waals surface area contributed by atoms with Crippen molar-refractivity contribution in [3.05, 3.63) is 89.6 Å². The van der Waals surface area contributed by atoms with Crippen molar-refractivity contribution in [3.63, 3.8) is 0 Å². The summed E-state index contributed by atoms with van der Waals surface area (Å²) in [7, 11) is 0. The van der Waals surface area contributed by atoms with E-state index in [1.807, 2.05) is 45.1 Å². The minimum Gasteiger partial charge on any atom is -0.481 e. The molecule has 0 amide bonds. The van der Waals surface area contributed by atoms with Gasteiger partial charge in [0.05, 0.1) is 24.6 Å². The fourth-order valence-corrected chi connectivity index (χ4v) is 6.08. The van der Waals surface area contributed by atoms with E-state index in [2.05, 4.69) is 21.5 Å². The maximum atomic E-state index is 11.6. The van der Waals surface area contributed by atoms with Crippen LogP contribution in [0.1, 0.15) is 78.0 Å². The highest BCUT2D eigenvalue weighted by Gasteiger charge is 2.23. The number of aliphatic carboxylic acids is 2. The van der Waals surface area contributed by atoms with Crippen LogP contribution < -0.4 is 21.3 Å². The van der Waals surface area contributed by atoms with Crippen molar-refractivity contribution in [2.24, 2.45) is 4.99 Å². The number of aliphatic imine (C=N–C) groups is 1. The number of hydrogen-bond acceptors (Lipinski definition) is 5. The summed E-state index contributed by atoms with van der Waals surface area (Å²) in [6, 6.07) is 0. The predicted molar refractivity (Wildman–Crippen MR) is 170 cm³/mol. The first-order valence-corrected chi connectivity index (χ1v) is 14.4. The van der Waals surface area contributed by atoms with Gasteiger partial charge in [0.2, 0.25) is 0 Å². The van der Waals surface area contributed by atoms with E-state index in [0.717, 1.165) is 43.9 Å². The summed E-state index contributed by atoms with van der Waals surface area (Å²) in [5.41, 5.74) is 8.41. The van der Waals surface area contributed by atoms with Crippen molar-refractivity contribution in [3.8, 4) is 0 Å². The minimum absolute atomic E-state index is 0.0982. The molecule has 5 heterocycles. The largest absolute Gasteiger partial charge is 0.481 e. The third kappa shape index (κ3) is 5.57. The van der Waals surface area contributed by atoms with Gasteiger partial charge in [-0.05, 0) is 85.4 Å². The second kappa shape index (κ2) is 12.4. The van der Waals surface area contributed by atoms with Gasteiger partial charge in [0, 0.05) is 62.7 Å². The second-order valence-electron chi connectivity index (χ2n) is 10.9. The van der Waals surface area contributed by atoms with Crippen LogP contribution in [0.4, 0.5) is 0 Å². The number of nitrogens with one attached hydrogen (secondary N) is 3. The molecule has 228 valence electrons. The number of rotatable bonds is 9. The van der Waals surface area contributed by atoms with Gasteiger partial charge in [0.1, 0.15) is 0 Å². The Morgan fingerprint density at radius 2 is 1.48 bits per heavy atom. The minimum atomic E-state index is -0.960. The van der Waals surface area contributed by atoms with Gasteiger partial charge in [-0.3, -0.25) is 9.59 Å². The molecule has 0 aromatic carbocycles. The molecule has 0 saturated heterocycles. The van der Waals surface area contributed by atoms with Gasteiger partial charge in [-0.1, -0.05) is 18.7 Å². The maximum Gasteiger partial charge on any atom is 0.303 e. The van der Waals surface area contributed by atoms with Crippen LogP contribution in [0.25, 0.3) is 36.5 Å². The summed E-state index contributed by atoms with van der Waals surface area (Å²) in [5, 5.41) is 43.0. The number of aromatic amines is 3. The zero-order chi connectivity index (χ0) is 31.7. The molecule has 5 rings (SSSR count). The van der Waals surface area contributed by atoms with Crippen LogP contribution in [0, 0.1) is 6.92 Å². The molecule has 10 heteroatoms. The van der Waals surface area contributed by atoms with E-state index in [4.69, 9.17) is 4.99 Å². The molecule has 0 spiro atoms. The van der Waals surface area contributed by atoms with Gasteiger partial charge in [0.25, 0.3) is 0 Å². The molecule has 0 fully saturated rings. The van der Waals surface area contributed by atoms with E-state index in [1.165, 1.54) is 0 Å². The Labute approximate surface area is 253 Å². The van der Waals surface area contributed by atoms with E-state index >= 15 is 0 Å². The lowest BCUT2D eigenvalue weighted by molar-refractivity contribution is -0.138. The second-order valence-corrected chi connectivity index (χ2v) is 10.9. The van der Waals surface area contributed by atoms with Gasteiger partial charge < -0.3 is 35.4 Å². The Hall–Kier alpha value is -4.93. The van der Waals surface area contributed by atoms with E-state index in [0.29, 0.717) is 44.8 Å². The topological polar surface area (TPSA) is 175 Å². The molecule has 10 nitrogen and oxygen atoms in total. The molecule has 0 aliphatic carbocycles. The fraction of sp³-hybridized carbons (Fsp3) is 0.265. The highest BCUT2D eigenvalue weighted by molar-refractivity contribution is 6.23. The number of carbonyl (C=O) groups is 2. The number of fused-ring (bicyclic) bond motifs is 7. The average molecular weight is 597 g/mol. The molecule has 3 aromatic rings. The van der Waals surface area contributed by atoms with Gasteiger partial charge in [-0.25, -0.2) is 4.99 Å². The molecule has 8 bridgehead atoms. The van der Waals surface area contributed by atoms with Crippen LogP contribution in [0.3, 0.4) is 0 Å². The molecule has 7 N–H and O–H groups in total. The number of aliphatic hydroxyl groups is 2. The van der Waals surface area contributed by atoms with Crippen LogP contribution in [0.2, 0.25) is 0 Å². The summed E-state index contributed by atoms with van der Waals surface area (Å²) < 4.78 is 0. The van der Waals surface area contributed by atoms with Gasteiger partial charge in [0.15, 0.2) is 0 Å². The number of carboxylic acids is 2. The molecule has 2 aliphatic heterocycles. The molecule has 0 atom stereocenters. The number of carboxylic acid groups (broad SMARTS) is 2. The molecule has 0 unspecified atom stereocenters. The predicted octanol–water partition coefficient (Wildman–Crippen LogP) is 1.85. The zero-order valence-electron chi connectivity index (χ0n) is 25.0. The Balaban J connectivity index is 1.92. The Bertz CT molecular complexity index is 2050. The third-order valence-electron chi connectivity index (χ3n) is 8.37. The quantitative estimate of drug-likeness (QED) is 0.198. The van der Waals surface area contributed by atoms with E-state index in [9.17, 15) is 30.0 Å². The number of hydrogen-bond donors (Lipinski definition) is 7.